The number of benzene rings is 2. The third-order valence-corrected chi connectivity index (χ3v) is 3.90. The van der Waals surface area contributed by atoms with Crippen molar-refractivity contribution < 1.29 is 18.7 Å². The van der Waals surface area contributed by atoms with Gasteiger partial charge in [-0.2, -0.15) is 0 Å². The van der Waals surface area contributed by atoms with Crippen molar-refractivity contribution in [2.45, 2.75) is 20.4 Å². The van der Waals surface area contributed by atoms with E-state index in [1.807, 2.05) is 13.8 Å². The summed E-state index contributed by atoms with van der Waals surface area (Å²) in [6.07, 6.45) is 3.05. The molecule has 1 N–H and O–H groups in total. The second-order valence-electron chi connectivity index (χ2n) is 6.42. The molecule has 0 aliphatic rings. The van der Waals surface area contributed by atoms with E-state index in [9.17, 15) is 9.18 Å². The summed E-state index contributed by atoms with van der Waals surface area (Å²) in [6, 6.07) is 9.43. The molecule has 0 atom stereocenters. The Labute approximate surface area is 163 Å². The van der Waals surface area contributed by atoms with Crippen molar-refractivity contribution in [2.75, 3.05) is 13.7 Å². The number of carbonyl (C=O) groups excluding carboxylic acids is 1. The van der Waals surface area contributed by atoms with Gasteiger partial charge in [0.15, 0.2) is 11.5 Å². The zero-order valence-corrected chi connectivity index (χ0v) is 16.3. The highest BCUT2D eigenvalue weighted by Crippen LogP contribution is 2.37. The maximum atomic E-state index is 12.9. The standard InChI is InChI=1S/C21H23ClFNO3/c1-14(2)13-27-21-18(22)10-16(11-19(21)26-3)6-9-20(25)24-12-15-4-7-17(23)8-5-15/h4-11,14H,12-13H2,1-3H3,(H,24,25)/b9-6+. The molecule has 2 rings (SSSR count). The number of hydrogen-bond donors (Lipinski definition) is 1. The van der Waals surface area contributed by atoms with Crippen molar-refractivity contribution in [1.82, 2.24) is 5.32 Å². The van der Waals surface area contributed by atoms with Gasteiger partial charge in [0.1, 0.15) is 5.82 Å². The first-order valence-corrected chi connectivity index (χ1v) is 8.97. The lowest BCUT2D eigenvalue weighted by Gasteiger charge is -2.14. The van der Waals surface area contributed by atoms with Crippen molar-refractivity contribution in [3.8, 4) is 11.5 Å². The van der Waals surface area contributed by atoms with Gasteiger partial charge in [0.25, 0.3) is 0 Å². The van der Waals surface area contributed by atoms with Gasteiger partial charge in [0, 0.05) is 12.6 Å². The zero-order valence-electron chi connectivity index (χ0n) is 15.6. The Morgan fingerprint density at radius 3 is 2.59 bits per heavy atom. The lowest BCUT2D eigenvalue weighted by Crippen LogP contribution is -2.20. The molecular weight excluding hydrogens is 369 g/mol. The molecule has 0 saturated carbocycles. The Morgan fingerprint density at radius 2 is 1.96 bits per heavy atom. The lowest BCUT2D eigenvalue weighted by atomic mass is 10.1. The van der Waals surface area contributed by atoms with Crippen molar-refractivity contribution in [3.05, 3.63) is 64.4 Å². The van der Waals surface area contributed by atoms with Gasteiger partial charge in [-0.15, -0.1) is 0 Å². The first-order chi connectivity index (χ1) is 12.9. The van der Waals surface area contributed by atoms with Crippen LogP contribution >= 0.6 is 11.6 Å². The molecule has 2 aromatic carbocycles. The van der Waals surface area contributed by atoms with Crippen LogP contribution in [0, 0.1) is 11.7 Å². The average molecular weight is 392 g/mol. The SMILES string of the molecule is COc1cc(/C=C/C(=O)NCc2ccc(F)cc2)cc(Cl)c1OCC(C)C. The largest absolute Gasteiger partial charge is 0.493 e. The number of amides is 1. The van der Waals surface area contributed by atoms with Crippen LogP contribution in [0.5, 0.6) is 11.5 Å². The molecule has 0 aliphatic heterocycles. The van der Waals surface area contributed by atoms with Gasteiger partial charge in [-0.3, -0.25) is 4.79 Å². The topological polar surface area (TPSA) is 47.6 Å². The Bertz CT molecular complexity index is 804. The van der Waals surface area contributed by atoms with Crippen molar-refractivity contribution in [1.29, 1.82) is 0 Å². The molecule has 27 heavy (non-hydrogen) atoms. The van der Waals surface area contributed by atoms with E-state index < -0.39 is 0 Å². The number of ether oxygens (including phenoxy) is 2. The summed E-state index contributed by atoms with van der Waals surface area (Å²) in [6.45, 7) is 4.93. The summed E-state index contributed by atoms with van der Waals surface area (Å²) >= 11 is 6.30. The fraction of sp³-hybridized carbons (Fsp3) is 0.286. The number of halogens is 2. The number of nitrogens with one attached hydrogen (secondary N) is 1. The maximum absolute atomic E-state index is 12.9. The molecule has 0 heterocycles. The highest BCUT2D eigenvalue weighted by Gasteiger charge is 2.12. The third-order valence-electron chi connectivity index (χ3n) is 3.62. The van der Waals surface area contributed by atoms with E-state index in [-0.39, 0.29) is 11.7 Å². The predicted octanol–water partition coefficient (Wildman–Crippen LogP) is 4.85. The molecule has 0 radical (unpaired) electrons. The van der Waals surface area contributed by atoms with Crippen LogP contribution in [-0.4, -0.2) is 19.6 Å². The molecule has 1 amide bonds. The van der Waals surface area contributed by atoms with E-state index >= 15 is 0 Å². The molecule has 0 bridgehead atoms. The van der Waals surface area contributed by atoms with Crippen LogP contribution in [0.15, 0.2) is 42.5 Å². The third kappa shape index (κ3) is 6.61. The molecule has 4 nitrogen and oxygen atoms in total. The predicted molar refractivity (Wildman–Crippen MR) is 106 cm³/mol. The molecule has 2 aromatic rings. The zero-order chi connectivity index (χ0) is 19.8. The summed E-state index contributed by atoms with van der Waals surface area (Å²) in [5.41, 5.74) is 1.53. The van der Waals surface area contributed by atoms with Gasteiger partial charge in [0.2, 0.25) is 5.91 Å². The fourth-order valence-electron chi connectivity index (χ4n) is 2.25. The van der Waals surface area contributed by atoms with Gasteiger partial charge in [-0.25, -0.2) is 4.39 Å². The first kappa shape index (κ1) is 20.8. The van der Waals surface area contributed by atoms with Crippen LogP contribution in [0.2, 0.25) is 5.02 Å². The number of carbonyl (C=O) groups is 1. The summed E-state index contributed by atoms with van der Waals surface area (Å²) in [7, 11) is 1.54. The molecule has 0 unspecified atom stereocenters. The van der Waals surface area contributed by atoms with Crippen molar-refractivity contribution in [2.24, 2.45) is 5.92 Å². The molecular formula is C21H23ClFNO3. The Hall–Kier alpha value is -2.53. The molecule has 0 fully saturated rings. The van der Waals surface area contributed by atoms with Crippen LogP contribution in [-0.2, 0) is 11.3 Å². The highest BCUT2D eigenvalue weighted by molar-refractivity contribution is 6.32. The minimum Gasteiger partial charge on any atom is -0.493 e. The van der Waals surface area contributed by atoms with Crippen LogP contribution in [0.3, 0.4) is 0 Å². The Morgan fingerprint density at radius 1 is 1.26 bits per heavy atom. The lowest BCUT2D eigenvalue weighted by molar-refractivity contribution is -0.116. The molecule has 6 heteroatoms. The van der Waals surface area contributed by atoms with E-state index in [4.69, 9.17) is 21.1 Å². The summed E-state index contributed by atoms with van der Waals surface area (Å²) in [5, 5.41) is 3.16. The van der Waals surface area contributed by atoms with E-state index in [0.717, 1.165) is 5.56 Å². The van der Waals surface area contributed by atoms with Crippen LogP contribution in [0.25, 0.3) is 6.08 Å². The van der Waals surface area contributed by atoms with Crippen LogP contribution < -0.4 is 14.8 Å². The van der Waals surface area contributed by atoms with Crippen LogP contribution in [0.4, 0.5) is 4.39 Å². The normalized spacial score (nSPS) is 11.0. The van der Waals surface area contributed by atoms with Gasteiger partial charge < -0.3 is 14.8 Å². The summed E-state index contributed by atoms with van der Waals surface area (Å²) in [5.74, 6) is 0.779. The van der Waals surface area contributed by atoms with E-state index in [1.165, 1.54) is 25.3 Å². The number of methoxy groups -OCH3 is 1. The van der Waals surface area contributed by atoms with Gasteiger partial charge in [-0.05, 0) is 47.4 Å². The Balaban J connectivity index is 2.01. The van der Waals surface area contributed by atoms with Crippen molar-refractivity contribution in [3.63, 3.8) is 0 Å². The second-order valence-corrected chi connectivity index (χ2v) is 6.82. The van der Waals surface area contributed by atoms with Gasteiger partial charge >= 0.3 is 0 Å². The smallest absolute Gasteiger partial charge is 0.244 e. The van der Waals surface area contributed by atoms with Gasteiger partial charge in [-0.1, -0.05) is 37.6 Å². The monoisotopic (exact) mass is 391 g/mol. The molecule has 0 spiro atoms. The first-order valence-electron chi connectivity index (χ1n) is 8.59. The van der Waals surface area contributed by atoms with E-state index in [0.29, 0.717) is 41.2 Å². The molecule has 0 aliphatic carbocycles. The maximum Gasteiger partial charge on any atom is 0.244 e. The minimum absolute atomic E-state index is 0.269. The Kier molecular flexibility index (Phi) is 7.67. The number of rotatable bonds is 8. The molecule has 144 valence electrons. The van der Waals surface area contributed by atoms with Crippen molar-refractivity contribution >= 4 is 23.6 Å². The summed E-state index contributed by atoms with van der Waals surface area (Å²) < 4.78 is 23.9. The van der Waals surface area contributed by atoms with E-state index in [1.54, 1.807) is 30.3 Å². The fourth-order valence-corrected chi connectivity index (χ4v) is 2.52. The quantitative estimate of drug-likeness (QED) is 0.654. The van der Waals surface area contributed by atoms with Gasteiger partial charge in [0.05, 0.1) is 18.7 Å². The van der Waals surface area contributed by atoms with E-state index in [2.05, 4.69) is 5.32 Å². The van der Waals surface area contributed by atoms with Crippen LogP contribution in [0.1, 0.15) is 25.0 Å². The molecule has 0 aromatic heterocycles. The average Bonchev–Trinajstić information content (AvgIpc) is 2.64. The second kappa shape index (κ2) is 9.97. The number of hydrogen-bond acceptors (Lipinski definition) is 3. The summed E-state index contributed by atoms with van der Waals surface area (Å²) in [4.78, 5) is 12.0. The highest BCUT2D eigenvalue weighted by atomic mass is 35.5. The molecule has 0 saturated heterocycles. The minimum atomic E-state index is -0.309.